The van der Waals surface area contributed by atoms with Gasteiger partial charge in [0, 0.05) is 18.3 Å². The van der Waals surface area contributed by atoms with E-state index in [4.69, 9.17) is 9.52 Å². The van der Waals surface area contributed by atoms with Gasteiger partial charge in [0.15, 0.2) is 0 Å². The third-order valence-corrected chi connectivity index (χ3v) is 5.39. The number of benzene rings is 1. The number of nitrogens with zero attached hydrogens (tertiary/aromatic N) is 4. The fourth-order valence-electron chi connectivity index (χ4n) is 3.81. The number of hydrogen-bond donors (Lipinski definition) is 3. The monoisotopic (exact) mass is 422 g/mol. The van der Waals surface area contributed by atoms with Crippen molar-refractivity contribution in [2.75, 3.05) is 10.6 Å². The smallest absolute Gasteiger partial charge is 0.321 e. The van der Waals surface area contributed by atoms with E-state index in [-0.39, 0.29) is 24.2 Å². The quantitative estimate of drug-likeness (QED) is 0.520. The highest BCUT2D eigenvalue weighted by Gasteiger charge is 2.24. The van der Waals surface area contributed by atoms with E-state index in [1.807, 2.05) is 24.3 Å². The van der Waals surface area contributed by atoms with E-state index in [0.29, 0.717) is 17.4 Å². The molecule has 10 nitrogen and oxygen atoms in total. The van der Waals surface area contributed by atoms with Gasteiger partial charge < -0.3 is 14.8 Å². The number of hydrogen-bond acceptors (Lipinski definition) is 8. The number of carboxylic acids is 1. The van der Waals surface area contributed by atoms with E-state index in [0.717, 1.165) is 25.7 Å². The molecule has 160 valence electrons. The van der Waals surface area contributed by atoms with Gasteiger partial charge in [-0.25, -0.2) is 9.97 Å². The molecule has 0 saturated heterocycles. The first kappa shape index (κ1) is 20.5. The van der Waals surface area contributed by atoms with Gasteiger partial charge in [-0.15, -0.1) is 5.10 Å². The van der Waals surface area contributed by atoms with Gasteiger partial charge in [0.2, 0.25) is 0 Å². The molecule has 1 fully saturated rings. The maximum atomic E-state index is 12.4. The van der Waals surface area contributed by atoms with Crippen LogP contribution in [0.3, 0.4) is 0 Å². The summed E-state index contributed by atoms with van der Waals surface area (Å²) in [5, 5.41) is 22.0. The molecule has 0 spiro atoms. The van der Waals surface area contributed by atoms with Gasteiger partial charge in [-0.3, -0.25) is 14.9 Å². The van der Waals surface area contributed by atoms with Crippen LogP contribution in [0, 0.1) is 5.92 Å². The summed E-state index contributed by atoms with van der Waals surface area (Å²) >= 11 is 0. The third kappa shape index (κ3) is 5.41. The van der Waals surface area contributed by atoms with Crippen LogP contribution >= 0.6 is 0 Å². The zero-order valence-electron chi connectivity index (χ0n) is 16.7. The Balaban J connectivity index is 1.31. The van der Waals surface area contributed by atoms with Crippen LogP contribution in [-0.2, 0) is 4.79 Å². The number of carbonyl (C=O) groups excluding carboxylic acids is 1. The number of aliphatic carboxylic acids is 1. The van der Waals surface area contributed by atoms with Crippen LogP contribution in [0.2, 0.25) is 0 Å². The van der Waals surface area contributed by atoms with E-state index < -0.39 is 11.9 Å². The summed E-state index contributed by atoms with van der Waals surface area (Å²) in [5.41, 5.74) is 1.82. The van der Waals surface area contributed by atoms with E-state index >= 15 is 0 Å². The van der Waals surface area contributed by atoms with Gasteiger partial charge in [0.05, 0.1) is 0 Å². The lowest BCUT2D eigenvalue weighted by Crippen LogP contribution is -2.16. The molecular formula is C21H22N6O4. The lowest BCUT2D eigenvalue weighted by molar-refractivity contribution is -0.138. The Labute approximate surface area is 178 Å². The number of carbonyl (C=O) groups is 2. The number of anilines is 3. The first-order chi connectivity index (χ1) is 15.1. The van der Waals surface area contributed by atoms with Crippen molar-refractivity contribution in [2.24, 2.45) is 5.92 Å². The Kier molecular flexibility index (Phi) is 6.16. The largest absolute Gasteiger partial charge is 0.481 e. The molecule has 31 heavy (non-hydrogen) atoms. The second kappa shape index (κ2) is 9.33. The number of carboxylic acid groups (broad SMARTS) is 1. The van der Waals surface area contributed by atoms with Crippen LogP contribution in [0.5, 0.6) is 0 Å². The molecule has 10 heteroatoms. The minimum Gasteiger partial charge on any atom is -0.481 e. The van der Waals surface area contributed by atoms with Crippen molar-refractivity contribution in [1.29, 1.82) is 0 Å². The normalized spacial score (nSPS) is 18.3. The van der Waals surface area contributed by atoms with Gasteiger partial charge in [0.25, 0.3) is 0 Å². The Morgan fingerprint density at radius 3 is 2.52 bits per heavy atom. The van der Waals surface area contributed by atoms with Crippen molar-refractivity contribution in [2.45, 2.75) is 38.0 Å². The van der Waals surface area contributed by atoms with Crippen molar-refractivity contribution in [3.8, 4) is 0 Å². The highest BCUT2D eigenvalue weighted by molar-refractivity contribution is 6.00. The van der Waals surface area contributed by atoms with Crippen molar-refractivity contribution in [3.05, 3.63) is 54.3 Å². The summed E-state index contributed by atoms with van der Waals surface area (Å²) in [7, 11) is 0. The van der Waals surface area contributed by atoms with E-state index in [2.05, 4.69) is 30.8 Å². The van der Waals surface area contributed by atoms with Crippen LogP contribution in [-0.4, -0.2) is 37.1 Å². The molecule has 1 aromatic carbocycles. The summed E-state index contributed by atoms with van der Waals surface area (Å²) in [4.78, 5) is 31.1. The van der Waals surface area contributed by atoms with Crippen molar-refractivity contribution < 1.29 is 19.1 Å². The molecule has 0 radical (unpaired) electrons. The minimum absolute atomic E-state index is 0.0534. The Morgan fingerprint density at radius 1 is 1.06 bits per heavy atom. The topological polar surface area (TPSA) is 143 Å². The first-order valence-corrected chi connectivity index (χ1v) is 10.1. The van der Waals surface area contributed by atoms with Gasteiger partial charge in [-0.1, -0.05) is 17.2 Å². The molecule has 0 aliphatic heterocycles. The average molecular weight is 422 g/mol. The molecule has 0 unspecified atom stereocenters. The standard InChI is InChI=1S/C21H22N6O4/c28-18(29)11-13-1-3-14(4-2-13)15-5-7-16(8-6-15)24-19(30)20-26-27-21(31-20)25-17-9-10-22-12-23-17/h5-10,12-14H,1-4,11H2,(H,24,30)(H,28,29)(H,22,23,25,27)/t13-,14-. The molecule has 4 rings (SSSR count). The Hall–Kier alpha value is -3.82. The fourth-order valence-corrected chi connectivity index (χ4v) is 3.81. The summed E-state index contributed by atoms with van der Waals surface area (Å²) in [6.45, 7) is 0. The number of nitrogens with one attached hydrogen (secondary N) is 2. The Bertz CT molecular complexity index is 1030. The van der Waals surface area contributed by atoms with Crippen molar-refractivity contribution in [3.63, 3.8) is 0 Å². The molecule has 2 heterocycles. The fraction of sp³-hybridized carbons (Fsp3) is 0.333. The zero-order valence-corrected chi connectivity index (χ0v) is 16.7. The number of aromatic nitrogens is 4. The highest BCUT2D eigenvalue weighted by atomic mass is 16.4. The van der Waals surface area contributed by atoms with Gasteiger partial charge in [0.1, 0.15) is 12.1 Å². The molecule has 1 aliphatic rings. The Morgan fingerprint density at radius 2 is 1.84 bits per heavy atom. The molecule has 0 atom stereocenters. The lowest BCUT2D eigenvalue weighted by Gasteiger charge is -2.28. The summed E-state index contributed by atoms with van der Waals surface area (Å²) in [6, 6.07) is 9.35. The molecule has 0 bridgehead atoms. The molecule has 3 aromatic rings. The van der Waals surface area contributed by atoms with E-state index in [9.17, 15) is 9.59 Å². The predicted molar refractivity (Wildman–Crippen MR) is 111 cm³/mol. The second-order valence-electron chi connectivity index (χ2n) is 7.52. The maximum absolute atomic E-state index is 12.4. The maximum Gasteiger partial charge on any atom is 0.321 e. The predicted octanol–water partition coefficient (Wildman–Crippen LogP) is 3.60. The van der Waals surface area contributed by atoms with Gasteiger partial charge in [-0.2, -0.15) is 0 Å². The SMILES string of the molecule is O=C(O)C[C@H]1CC[C@H](c2ccc(NC(=O)c3nnc(Nc4ccncn4)o3)cc2)CC1. The second-order valence-corrected chi connectivity index (χ2v) is 7.52. The van der Waals surface area contributed by atoms with Crippen LogP contribution in [0.1, 0.15) is 54.3 Å². The summed E-state index contributed by atoms with van der Waals surface area (Å²) in [5.74, 6) is -0.237. The molecule has 2 aromatic heterocycles. The molecule has 1 amide bonds. The van der Waals surface area contributed by atoms with Crippen LogP contribution in [0.25, 0.3) is 0 Å². The summed E-state index contributed by atoms with van der Waals surface area (Å²) < 4.78 is 5.33. The summed E-state index contributed by atoms with van der Waals surface area (Å²) in [6.07, 6.45) is 7.00. The number of amides is 1. The van der Waals surface area contributed by atoms with Crippen molar-refractivity contribution >= 4 is 29.4 Å². The molecule has 1 saturated carbocycles. The highest BCUT2D eigenvalue weighted by Crippen LogP contribution is 2.37. The van der Waals surface area contributed by atoms with Gasteiger partial charge in [-0.05, 0) is 61.3 Å². The van der Waals surface area contributed by atoms with Crippen LogP contribution in [0.4, 0.5) is 17.5 Å². The van der Waals surface area contributed by atoms with Gasteiger partial charge >= 0.3 is 23.8 Å². The molecule has 3 N–H and O–H groups in total. The molecular weight excluding hydrogens is 400 g/mol. The van der Waals surface area contributed by atoms with Crippen molar-refractivity contribution in [1.82, 2.24) is 20.2 Å². The lowest BCUT2D eigenvalue weighted by atomic mass is 9.77. The first-order valence-electron chi connectivity index (χ1n) is 10.1. The minimum atomic E-state index is -0.721. The third-order valence-electron chi connectivity index (χ3n) is 5.39. The van der Waals surface area contributed by atoms with Crippen LogP contribution < -0.4 is 10.6 Å². The number of rotatable bonds is 7. The van der Waals surface area contributed by atoms with E-state index in [1.54, 1.807) is 12.3 Å². The zero-order chi connectivity index (χ0) is 21.6. The molecule has 1 aliphatic carbocycles. The van der Waals surface area contributed by atoms with E-state index in [1.165, 1.54) is 11.9 Å². The average Bonchev–Trinajstić information content (AvgIpc) is 3.24. The van der Waals surface area contributed by atoms with Crippen LogP contribution in [0.15, 0.2) is 47.3 Å².